The first kappa shape index (κ1) is 22.2. The summed E-state index contributed by atoms with van der Waals surface area (Å²) in [6.07, 6.45) is 1.88. The lowest BCUT2D eigenvalue weighted by molar-refractivity contribution is -0.121. The molecule has 160 valence electrons. The largest absolute Gasteiger partial charge is 0.325 e. The van der Waals surface area contributed by atoms with Crippen LogP contribution in [0.25, 0.3) is 0 Å². The van der Waals surface area contributed by atoms with Gasteiger partial charge in [-0.1, -0.05) is 71.4 Å². The van der Waals surface area contributed by atoms with Crippen molar-refractivity contribution in [3.63, 3.8) is 0 Å². The summed E-state index contributed by atoms with van der Waals surface area (Å²) >= 11 is 14.0. The van der Waals surface area contributed by atoms with Crippen molar-refractivity contribution in [2.75, 3.05) is 18.4 Å². The van der Waals surface area contributed by atoms with Crippen molar-refractivity contribution in [2.24, 2.45) is 5.92 Å². The lowest BCUT2D eigenvalue weighted by Gasteiger charge is -2.32. The molecule has 0 bridgehead atoms. The summed E-state index contributed by atoms with van der Waals surface area (Å²) in [5.74, 6) is 0.0302. The van der Waals surface area contributed by atoms with E-state index in [1.807, 2.05) is 54.6 Å². The predicted octanol–water partition coefficient (Wildman–Crippen LogP) is 7.00. The number of para-hydroxylation sites is 1. The Morgan fingerprint density at radius 3 is 2.61 bits per heavy atom. The fourth-order valence-electron chi connectivity index (χ4n) is 3.81. The number of rotatable bonds is 6. The van der Waals surface area contributed by atoms with E-state index in [9.17, 15) is 4.79 Å². The van der Waals surface area contributed by atoms with Crippen LogP contribution in [0, 0.1) is 5.92 Å². The van der Waals surface area contributed by atoms with Gasteiger partial charge in [-0.2, -0.15) is 0 Å². The van der Waals surface area contributed by atoms with Crippen LogP contribution >= 0.6 is 35.0 Å². The van der Waals surface area contributed by atoms with Gasteiger partial charge in [0.2, 0.25) is 5.91 Å². The molecular weight excluding hydrogens is 447 g/mol. The number of benzene rings is 3. The van der Waals surface area contributed by atoms with E-state index in [-0.39, 0.29) is 11.8 Å². The quantitative estimate of drug-likeness (QED) is 0.420. The fourth-order valence-corrected chi connectivity index (χ4v) is 5.20. The molecule has 3 aromatic rings. The van der Waals surface area contributed by atoms with E-state index in [0.29, 0.717) is 10.0 Å². The molecule has 1 aliphatic rings. The van der Waals surface area contributed by atoms with Gasteiger partial charge in [0.25, 0.3) is 0 Å². The van der Waals surface area contributed by atoms with Crippen molar-refractivity contribution in [1.29, 1.82) is 0 Å². The summed E-state index contributed by atoms with van der Waals surface area (Å²) in [4.78, 5) is 17.6. The van der Waals surface area contributed by atoms with Crippen molar-refractivity contribution >= 4 is 46.6 Å². The van der Waals surface area contributed by atoms with Crippen LogP contribution in [0.5, 0.6) is 0 Å². The third kappa shape index (κ3) is 6.05. The molecule has 0 aromatic heterocycles. The standard InChI is InChI=1S/C25H24Cl2N2OS/c26-20-13-12-18(22(27)15-20)16-29-14-6-7-19(17-29)25(30)28-23-10-4-5-11-24(23)31-21-8-2-1-3-9-21/h1-5,8-13,15,19H,6-7,14,16-17H2,(H,28,30)/t19-/m1/s1. The Morgan fingerprint density at radius 1 is 1.03 bits per heavy atom. The molecule has 1 heterocycles. The van der Waals surface area contributed by atoms with Crippen LogP contribution in [-0.2, 0) is 11.3 Å². The highest BCUT2D eigenvalue weighted by atomic mass is 35.5. The summed E-state index contributed by atoms with van der Waals surface area (Å²) < 4.78 is 0. The number of likely N-dealkylation sites (tertiary alicyclic amines) is 1. The van der Waals surface area contributed by atoms with Crippen molar-refractivity contribution < 1.29 is 4.79 Å². The van der Waals surface area contributed by atoms with E-state index in [2.05, 4.69) is 22.3 Å². The minimum absolute atomic E-state index is 0.0467. The second kappa shape index (κ2) is 10.6. The molecule has 0 aliphatic carbocycles. The zero-order chi connectivity index (χ0) is 21.6. The van der Waals surface area contributed by atoms with Crippen LogP contribution in [0.4, 0.5) is 5.69 Å². The molecule has 1 amide bonds. The van der Waals surface area contributed by atoms with E-state index in [4.69, 9.17) is 23.2 Å². The molecule has 31 heavy (non-hydrogen) atoms. The molecule has 0 spiro atoms. The number of anilines is 1. The smallest absolute Gasteiger partial charge is 0.228 e. The van der Waals surface area contributed by atoms with Gasteiger partial charge in [-0.05, 0) is 61.3 Å². The zero-order valence-electron chi connectivity index (χ0n) is 17.1. The lowest BCUT2D eigenvalue weighted by Crippen LogP contribution is -2.40. The Morgan fingerprint density at radius 2 is 1.81 bits per heavy atom. The zero-order valence-corrected chi connectivity index (χ0v) is 19.4. The molecule has 1 N–H and O–H groups in total. The van der Waals surface area contributed by atoms with Gasteiger partial charge in [-0.3, -0.25) is 9.69 Å². The van der Waals surface area contributed by atoms with Crippen LogP contribution < -0.4 is 5.32 Å². The predicted molar refractivity (Wildman–Crippen MR) is 130 cm³/mol. The number of nitrogens with one attached hydrogen (secondary N) is 1. The fraction of sp³-hybridized carbons (Fsp3) is 0.240. The first-order valence-electron chi connectivity index (χ1n) is 10.4. The number of hydrogen-bond acceptors (Lipinski definition) is 3. The summed E-state index contributed by atoms with van der Waals surface area (Å²) in [5, 5.41) is 4.48. The molecule has 0 radical (unpaired) electrons. The van der Waals surface area contributed by atoms with E-state index < -0.39 is 0 Å². The van der Waals surface area contributed by atoms with Crippen molar-refractivity contribution in [1.82, 2.24) is 4.90 Å². The van der Waals surface area contributed by atoms with Crippen LogP contribution in [-0.4, -0.2) is 23.9 Å². The topological polar surface area (TPSA) is 32.3 Å². The Kier molecular flexibility index (Phi) is 7.57. The molecule has 6 heteroatoms. The second-order valence-electron chi connectivity index (χ2n) is 7.71. The highest BCUT2D eigenvalue weighted by Crippen LogP contribution is 2.34. The number of piperidine rings is 1. The number of carbonyl (C=O) groups is 1. The highest BCUT2D eigenvalue weighted by molar-refractivity contribution is 7.99. The summed E-state index contributed by atoms with van der Waals surface area (Å²) in [6.45, 7) is 2.40. The normalized spacial score (nSPS) is 16.8. The maximum absolute atomic E-state index is 13.1. The van der Waals surface area contributed by atoms with Gasteiger partial charge >= 0.3 is 0 Å². The van der Waals surface area contributed by atoms with E-state index in [1.54, 1.807) is 17.8 Å². The molecule has 1 saturated heterocycles. The van der Waals surface area contributed by atoms with Gasteiger partial charge in [0.05, 0.1) is 11.6 Å². The minimum atomic E-state index is -0.0467. The Hall–Kier alpha value is -1.98. The van der Waals surface area contributed by atoms with Crippen molar-refractivity contribution in [3.05, 3.63) is 88.4 Å². The van der Waals surface area contributed by atoms with Crippen LogP contribution in [0.1, 0.15) is 18.4 Å². The lowest BCUT2D eigenvalue weighted by atomic mass is 9.96. The van der Waals surface area contributed by atoms with Gasteiger partial charge < -0.3 is 5.32 Å². The second-order valence-corrected chi connectivity index (χ2v) is 9.67. The van der Waals surface area contributed by atoms with Gasteiger partial charge in [-0.25, -0.2) is 0 Å². The van der Waals surface area contributed by atoms with Gasteiger partial charge in [-0.15, -0.1) is 0 Å². The Labute approximate surface area is 197 Å². The Bertz CT molecular complexity index is 1040. The van der Waals surface area contributed by atoms with Crippen LogP contribution in [0.3, 0.4) is 0 Å². The van der Waals surface area contributed by atoms with Crippen LogP contribution in [0.2, 0.25) is 10.0 Å². The van der Waals surface area contributed by atoms with Gasteiger partial charge in [0, 0.05) is 32.9 Å². The van der Waals surface area contributed by atoms with E-state index in [1.165, 1.54) is 0 Å². The van der Waals surface area contributed by atoms with Crippen molar-refractivity contribution in [2.45, 2.75) is 29.2 Å². The first-order chi connectivity index (χ1) is 15.1. The van der Waals surface area contributed by atoms with Gasteiger partial charge in [0.1, 0.15) is 0 Å². The monoisotopic (exact) mass is 470 g/mol. The number of carbonyl (C=O) groups excluding carboxylic acids is 1. The number of hydrogen-bond donors (Lipinski definition) is 1. The summed E-state index contributed by atoms with van der Waals surface area (Å²) in [7, 11) is 0. The minimum Gasteiger partial charge on any atom is -0.325 e. The highest BCUT2D eigenvalue weighted by Gasteiger charge is 2.26. The SMILES string of the molecule is O=C(Nc1ccccc1Sc1ccccc1)[C@@H]1CCCN(Cc2ccc(Cl)cc2Cl)C1. The van der Waals surface area contributed by atoms with E-state index >= 15 is 0 Å². The molecule has 1 atom stereocenters. The number of nitrogens with zero attached hydrogens (tertiary/aromatic N) is 1. The molecule has 4 rings (SSSR count). The first-order valence-corrected chi connectivity index (χ1v) is 11.9. The molecule has 1 aliphatic heterocycles. The molecule has 3 nitrogen and oxygen atoms in total. The molecular formula is C25H24Cl2N2OS. The summed E-state index contributed by atoms with van der Waals surface area (Å²) in [5.41, 5.74) is 1.90. The average molecular weight is 471 g/mol. The maximum Gasteiger partial charge on any atom is 0.228 e. The summed E-state index contributed by atoms with van der Waals surface area (Å²) in [6, 6.07) is 23.8. The molecule has 0 unspecified atom stereocenters. The third-order valence-electron chi connectivity index (χ3n) is 5.40. The third-order valence-corrected chi connectivity index (χ3v) is 7.07. The van der Waals surface area contributed by atoms with Crippen LogP contribution in [0.15, 0.2) is 82.6 Å². The van der Waals surface area contributed by atoms with Gasteiger partial charge in [0.15, 0.2) is 0 Å². The number of amides is 1. The van der Waals surface area contributed by atoms with E-state index in [0.717, 1.165) is 53.5 Å². The maximum atomic E-state index is 13.1. The number of halogens is 2. The molecule has 1 fully saturated rings. The average Bonchev–Trinajstić information content (AvgIpc) is 2.78. The molecule has 0 saturated carbocycles. The molecule has 3 aromatic carbocycles. The Balaban J connectivity index is 1.41. The van der Waals surface area contributed by atoms with Crippen molar-refractivity contribution in [3.8, 4) is 0 Å².